The van der Waals surface area contributed by atoms with Gasteiger partial charge in [-0.1, -0.05) is 34.1 Å². The molecule has 0 heterocycles. The molecule has 0 aliphatic carbocycles. The van der Waals surface area contributed by atoms with E-state index in [9.17, 15) is 4.79 Å². The molecule has 3 nitrogen and oxygen atoms in total. The molecule has 0 fully saturated rings. The van der Waals surface area contributed by atoms with Crippen molar-refractivity contribution in [3.63, 3.8) is 0 Å². The van der Waals surface area contributed by atoms with Gasteiger partial charge in [0.2, 0.25) is 5.91 Å². The molecule has 0 aromatic heterocycles. The van der Waals surface area contributed by atoms with Crippen LogP contribution >= 0.6 is 15.9 Å². The maximum absolute atomic E-state index is 11.4. The van der Waals surface area contributed by atoms with Gasteiger partial charge >= 0.3 is 0 Å². The van der Waals surface area contributed by atoms with Crippen LogP contribution in [-0.4, -0.2) is 31.6 Å². The fourth-order valence-electron chi connectivity index (χ4n) is 1.20. The molecule has 1 amide bonds. The Labute approximate surface area is 98.2 Å². The number of likely N-dealkylation sites (N-methyl/N-ethyl adjacent to an activating group) is 1. The minimum Gasteiger partial charge on any atom is -0.375 e. The monoisotopic (exact) mass is 271 g/mol. The van der Waals surface area contributed by atoms with Gasteiger partial charge in [0.15, 0.2) is 0 Å². The molecule has 0 saturated carbocycles. The number of amides is 1. The summed E-state index contributed by atoms with van der Waals surface area (Å²) >= 11 is 3.44. The van der Waals surface area contributed by atoms with E-state index in [-0.39, 0.29) is 12.5 Å². The Balaban J connectivity index is 2.62. The lowest BCUT2D eigenvalue weighted by atomic mass is 10.2. The summed E-state index contributed by atoms with van der Waals surface area (Å²) < 4.78 is 5.81. The summed E-state index contributed by atoms with van der Waals surface area (Å²) in [5.41, 5.74) is 1.09. The number of carbonyl (C=O) groups is 1. The van der Waals surface area contributed by atoms with Gasteiger partial charge in [0.05, 0.1) is 0 Å². The van der Waals surface area contributed by atoms with Gasteiger partial charge in [-0.2, -0.15) is 0 Å². The molecule has 4 heteroatoms. The molecule has 0 spiro atoms. The molecule has 1 aromatic carbocycles. The minimum atomic E-state index is -0.0201. The molecule has 82 valence electrons. The van der Waals surface area contributed by atoms with E-state index in [2.05, 4.69) is 15.9 Å². The van der Waals surface area contributed by atoms with E-state index in [1.807, 2.05) is 24.3 Å². The average Bonchev–Trinajstić information content (AvgIpc) is 2.21. The molecule has 0 aliphatic heterocycles. The summed E-state index contributed by atoms with van der Waals surface area (Å²) in [5.74, 6) is -0.0201. The molecule has 0 saturated heterocycles. The normalized spacial score (nSPS) is 10.1. The van der Waals surface area contributed by atoms with E-state index in [1.54, 1.807) is 11.9 Å². The molecule has 0 atom stereocenters. The Hall–Kier alpha value is -0.870. The van der Waals surface area contributed by atoms with Crippen LogP contribution in [0, 0.1) is 0 Å². The first kappa shape index (κ1) is 12.2. The molecule has 0 N–H and O–H groups in total. The first-order chi connectivity index (χ1) is 7.15. The second kappa shape index (κ2) is 5.88. The Bertz CT molecular complexity index is 341. The van der Waals surface area contributed by atoms with E-state index in [4.69, 9.17) is 4.74 Å². The number of benzene rings is 1. The Morgan fingerprint density at radius 3 is 2.73 bits per heavy atom. The van der Waals surface area contributed by atoms with Crippen molar-refractivity contribution in [3.8, 4) is 0 Å². The van der Waals surface area contributed by atoms with Crippen LogP contribution in [0.4, 0.5) is 0 Å². The highest BCUT2D eigenvalue weighted by molar-refractivity contribution is 9.10. The summed E-state index contributed by atoms with van der Waals surface area (Å²) in [4.78, 5) is 13.1. The number of halogens is 1. The zero-order chi connectivity index (χ0) is 11.3. The van der Waals surface area contributed by atoms with E-state index < -0.39 is 0 Å². The van der Waals surface area contributed by atoms with Crippen LogP contribution in [-0.2, 0) is 16.1 Å². The number of hydrogen-bond donors (Lipinski definition) is 0. The summed E-state index contributed by atoms with van der Waals surface area (Å²) in [7, 11) is 3.28. The van der Waals surface area contributed by atoms with Crippen LogP contribution in [0.3, 0.4) is 0 Å². The van der Waals surface area contributed by atoms with Gasteiger partial charge in [0.1, 0.15) is 6.61 Å². The Morgan fingerprint density at radius 1 is 1.47 bits per heavy atom. The smallest absolute Gasteiger partial charge is 0.248 e. The number of nitrogens with zero attached hydrogens (tertiary/aromatic N) is 1. The summed E-state index contributed by atoms with van der Waals surface area (Å²) in [6.45, 7) is 0.713. The molecule has 15 heavy (non-hydrogen) atoms. The van der Waals surface area contributed by atoms with Crippen molar-refractivity contribution in [2.45, 2.75) is 6.54 Å². The highest BCUT2D eigenvalue weighted by atomic mass is 79.9. The Kier molecular flexibility index (Phi) is 4.78. The van der Waals surface area contributed by atoms with Crippen LogP contribution in [0.5, 0.6) is 0 Å². The van der Waals surface area contributed by atoms with Crippen molar-refractivity contribution < 1.29 is 9.53 Å². The van der Waals surface area contributed by atoms with Crippen molar-refractivity contribution in [1.82, 2.24) is 4.90 Å². The molecule has 0 bridgehead atoms. The number of methoxy groups -OCH3 is 1. The van der Waals surface area contributed by atoms with Crippen LogP contribution in [0.25, 0.3) is 0 Å². The predicted molar refractivity (Wildman–Crippen MR) is 62.5 cm³/mol. The quantitative estimate of drug-likeness (QED) is 0.839. The van der Waals surface area contributed by atoms with Gasteiger partial charge in [-0.05, 0) is 11.6 Å². The Morgan fingerprint density at radius 2 is 2.13 bits per heavy atom. The van der Waals surface area contributed by atoms with Crippen molar-refractivity contribution in [3.05, 3.63) is 34.3 Å². The van der Waals surface area contributed by atoms with Crippen LogP contribution in [0.15, 0.2) is 28.7 Å². The van der Waals surface area contributed by atoms with Gasteiger partial charge in [0.25, 0.3) is 0 Å². The number of hydrogen-bond acceptors (Lipinski definition) is 2. The van der Waals surface area contributed by atoms with Crippen LogP contribution in [0.1, 0.15) is 5.56 Å². The number of ether oxygens (including phenoxy) is 1. The largest absolute Gasteiger partial charge is 0.375 e. The zero-order valence-electron chi connectivity index (χ0n) is 8.87. The van der Waals surface area contributed by atoms with Crippen molar-refractivity contribution >= 4 is 21.8 Å². The first-order valence-electron chi connectivity index (χ1n) is 4.61. The standard InChI is InChI=1S/C11H14BrNO2/c1-13(11(14)8-15-2)7-9-5-3-4-6-10(9)12/h3-6H,7-8H2,1-2H3. The van der Waals surface area contributed by atoms with Crippen molar-refractivity contribution in [2.75, 3.05) is 20.8 Å². The third-order valence-electron chi connectivity index (χ3n) is 2.06. The number of rotatable bonds is 4. The fraction of sp³-hybridized carbons (Fsp3) is 0.364. The maximum atomic E-state index is 11.4. The van der Waals surface area contributed by atoms with Crippen LogP contribution < -0.4 is 0 Å². The lowest BCUT2D eigenvalue weighted by Gasteiger charge is -2.17. The predicted octanol–water partition coefficient (Wildman–Crippen LogP) is 2.05. The molecular weight excluding hydrogens is 258 g/mol. The summed E-state index contributed by atoms with van der Waals surface area (Å²) in [5, 5.41) is 0. The lowest BCUT2D eigenvalue weighted by Crippen LogP contribution is -2.29. The van der Waals surface area contributed by atoms with E-state index in [0.29, 0.717) is 6.54 Å². The minimum absolute atomic E-state index is 0.0201. The average molecular weight is 272 g/mol. The van der Waals surface area contributed by atoms with Crippen molar-refractivity contribution in [1.29, 1.82) is 0 Å². The second-order valence-corrected chi connectivity index (χ2v) is 4.13. The summed E-state index contributed by atoms with van der Waals surface area (Å²) in [6.07, 6.45) is 0. The molecule has 0 aliphatic rings. The topological polar surface area (TPSA) is 29.5 Å². The second-order valence-electron chi connectivity index (χ2n) is 3.27. The molecule has 0 unspecified atom stereocenters. The van der Waals surface area contributed by atoms with Gasteiger partial charge in [-0.25, -0.2) is 0 Å². The van der Waals surface area contributed by atoms with E-state index in [0.717, 1.165) is 10.0 Å². The van der Waals surface area contributed by atoms with E-state index >= 15 is 0 Å². The van der Waals surface area contributed by atoms with Crippen LogP contribution in [0.2, 0.25) is 0 Å². The molecule has 1 aromatic rings. The van der Waals surface area contributed by atoms with E-state index in [1.165, 1.54) is 7.11 Å². The van der Waals surface area contributed by atoms with Gasteiger partial charge in [-0.15, -0.1) is 0 Å². The molecule has 1 rings (SSSR count). The third kappa shape index (κ3) is 3.64. The highest BCUT2D eigenvalue weighted by Gasteiger charge is 2.09. The molecular formula is C11H14BrNO2. The molecule has 0 radical (unpaired) electrons. The fourth-order valence-corrected chi connectivity index (χ4v) is 1.61. The van der Waals surface area contributed by atoms with Gasteiger partial charge in [-0.3, -0.25) is 4.79 Å². The zero-order valence-corrected chi connectivity index (χ0v) is 10.5. The van der Waals surface area contributed by atoms with Crippen molar-refractivity contribution in [2.24, 2.45) is 0 Å². The van der Waals surface area contributed by atoms with Gasteiger partial charge in [0, 0.05) is 25.2 Å². The summed E-state index contributed by atoms with van der Waals surface area (Å²) in [6, 6.07) is 7.85. The number of carbonyl (C=O) groups excluding carboxylic acids is 1. The maximum Gasteiger partial charge on any atom is 0.248 e. The lowest BCUT2D eigenvalue weighted by molar-refractivity contribution is -0.134. The highest BCUT2D eigenvalue weighted by Crippen LogP contribution is 2.17. The third-order valence-corrected chi connectivity index (χ3v) is 2.83. The van der Waals surface area contributed by atoms with Gasteiger partial charge < -0.3 is 9.64 Å². The SMILES string of the molecule is COCC(=O)N(C)Cc1ccccc1Br. The first-order valence-corrected chi connectivity index (χ1v) is 5.40.